The van der Waals surface area contributed by atoms with Crippen molar-refractivity contribution in [1.29, 1.82) is 0 Å². The summed E-state index contributed by atoms with van der Waals surface area (Å²) in [5, 5.41) is 6.28. The monoisotopic (exact) mass is 336 g/mol. The van der Waals surface area contributed by atoms with Crippen LogP contribution in [0.1, 0.15) is 19.4 Å². The number of pyridine rings is 1. The normalized spacial score (nSPS) is 13.2. The van der Waals surface area contributed by atoms with E-state index in [2.05, 4.69) is 15.4 Å². The third kappa shape index (κ3) is 3.41. The fourth-order valence-electron chi connectivity index (χ4n) is 1.68. The number of anilines is 1. The number of carbonyl (C=O) groups is 1. The molecule has 6 nitrogen and oxygen atoms in total. The Bertz CT molecular complexity index is 701. The van der Waals surface area contributed by atoms with Gasteiger partial charge in [-0.3, -0.25) is 0 Å². The Kier molecular flexibility index (Phi) is 4.45. The van der Waals surface area contributed by atoms with E-state index in [4.69, 9.17) is 16.3 Å². The number of carbonyl (C=O) groups excluding carboxylic acids is 1. The Morgan fingerprint density at radius 2 is 2.23 bits per heavy atom. The van der Waals surface area contributed by atoms with Crippen molar-refractivity contribution in [1.82, 2.24) is 14.6 Å². The molecular formula is C12H12ClF3N4O2. The largest absolute Gasteiger partial charge is 0.464 e. The van der Waals surface area contributed by atoms with Crippen LogP contribution in [0.5, 0.6) is 0 Å². The van der Waals surface area contributed by atoms with E-state index >= 15 is 0 Å². The van der Waals surface area contributed by atoms with Crippen LogP contribution in [0.15, 0.2) is 12.3 Å². The van der Waals surface area contributed by atoms with Crippen LogP contribution in [0.25, 0.3) is 5.65 Å². The van der Waals surface area contributed by atoms with Crippen molar-refractivity contribution in [3.05, 3.63) is 22.8 Å². The molecule has 10 heteroatoms. The minimum absolute atomic E-state index is 0.0261. The van der Waals surface area contributed by atoms with Gasteiger partial charge in [-0.2, -0.15) is 18.2 Å². The molecule has 0 saturated heterocycles. The molecule has 0 radical (unpaired) electrons. The van der Waals surface area contributed by atoms with Crippen molar-refractivity contribution in [2.75, 3.05) is 11.9 Å². The van der Waals surface area contributed by atoms with E-state index in [-0.39, 0.29) is 23.2 Å². The van der Waals surface area contributed by atoms with Crippen molar-refractivity contribution in [2.45, 2.75) is 26.1 Å². The lowest BCUT2D eigenvalue weighted by molar-refractivity contribution is -0.143. The molecule has 1 atom stereocenters. The van der Waals surface area contributed by atoms with Gasteiger partial charge >= 0.3 is 12.1 Å². The summed E-state index contributed by atoms with van der Waals surface area (Å²) >= 11 is 5.79. The van der Waals surface area contributed by atoms with Gasteiger partial charge in [0.15, 0.2) is 5.65 Å². The van der Waals surface area contributed by atoms with Crippen LogP contribution in [0, 0.1) is 0 Å². The minimum Gasteiger partial charge on any atom is -0.464 e. The summed E-state index contributed by atoms with van der Waals surface area (Å²) < 4.78 is 43.8. The van der Waals surface area contributed by atoms with E-state index in [0.29, 0.717) is 0 Å². The lowest BCUT2D eigenvalue weighted by atomic mass is 10.3. The second-order valence-electron chi connectivity index (χ2n) is 4.40. The van der Waals surface area contributed by atoms with Gasteiger partial charge in [-0.25, -0.2) is 9.31 Å². The second kappa shape index (κ2) is 5.99. The Hall–Kier alpha value is -2.03. The van der Waals surface area contributed by atoms with Crippen LogP contribution in [0.3, 0.4) is 0 Å². The number of nitrogens with one attached hydrogen (secondary N) is 1. The Labute approximate surface area is 128 Å². The molecule has 2 heterocycles. The molecule has 0 aromatic carbocycles. The maximum absolute atomic E-state index is 12.7. The summed E-state index contributed by atoms with van der Waals surface area (Å²) in [6.45, 7) is 3.39. The summed E-state index contributed by atoms with van der Waals surface area (Å²) in [5.41, 5.74) is -0.895. The fourth-order valence-corrected chi connectivity index (χ4v) is 1.93. The molecule has 120 valence electrons. The zero-order valence-electron chi connectivity index (χ0n) is 11.6. The Morgan fingerprint density at radius 3 is 2.82 bits per heavy atom. The van der Waals surface area contributed by atoms with Crippen molar-refractivity contribution < 1.29 is 22.7 Å². The molecule has 0 saturated carbocycles. The Morgan fingerprint density at radius 1 is 1.55 bits per heavy atom. The summed E-state index contributed by atoms with van der Waals surface area (Å²) in [4.78, 5) is 15.4. The van der Waals surface area contributed by atoms with Gasteiger partial charge < -0.3 is 10.1 Å². The van der Waals surface area contributed by atoms with E-state index in [0.717, 1.165) is 16.8 Å². The number of alkyl halides is 3. The molecule has 22 heavy (non-hydrogen) atoms. The number of fused-ring (bicyclic) bond motifs is 1. The van der Waals surface area contributed by atoms with E-state index < -0.39 is 23.8 Å². The summed E-state index contributed by atoms with van der Waals surface area (Å²) in [5.74, 6) is -0.551. The zero-order chi connectivity index (χ0) is 16.5. The number of nitrogens with zero attached hydrogens (tertiary/aromatic N) is 3. The van der Waals surface area contributed by atoms with Gasteiger partial charge in [0.05, 0.1) is 17.2 Å². The van der Waals surface area contributed by atoms with Gasteiger partial charge in [0.25, 0.3) is 0 Å². The summed E-state index contributed by atoms with van der Waals surface area (Å²) in [6, 6.07) is 0.0163. The molecule has 0 aliphatic carbocycles. The molecule has 0 aliphatic rings. The van der Waals surface area contributed by atoms with Gasteiger partial charge in [0.1, 0.15) is 6.04 Å². The van der Waals surface area contributed by atoms with Gasteiger partial charge in [-0.1, -0.05) is 11.6 Å². The number of halogens is 4. The maximum Gasteiger partial charge on any atom is 0.417 e. The van der Waals surface area contributed by atoms with Gasteiger partial charge in [-0.15, -0.1) is 5.10 Å². The zero-order valence-corrected chi connectivity index (χ0v) is 12.4. The standard InChI is InChI=1S/C12H12ClF3N4O2/c1-3-22-10(21)6(2)17-11-18-9-8(13)4-7(12(14,15)16)5-20(9)19-11/h4-6H,3H2,1-2H3,(H,17,19). The number of hydrogen-bond donors (Lipinski definition) is 1. The molecule has 0 fully saturated rings. The van der Waals surface area contributed by atoms with Crippen LogP contribution in [0.2, 0.25) is 5.02 Å². The van der Waals surface area contributed by atoms with Crippen LogP contribution < -0.4 is 5.32 Å². The van der Waals surface area contributed by atoms with Gasteiger partial charge in [-0.05, 0) is 19.9 Å². The number of aromatic nitrogens is 3. The third-order valence-corrected chi connectivity index (χ3v) is 2.98. The first-order valence-electron chi connectivity index (χ1n) is 6.28. The molecule has 0 aliphatic heterocycles. The maximum atomic E-state index is 12.7. The van der Waals surface area contributed by atoms with Crippen molar-refractivity contribution in [3.8, 4) is 0 Å². The van der Waals surface area contributed by atoms with E-state index in [1.807, 2.05) is 0 Å². The molecule has 2 aromatic heterocycles. The van der Waals surface area contributed by atoms with E-state index in [1.165, 1.54) is 6.92 Å². The van der Waals surface area contributed by atoms with Crippen LogP contribution in [-0.4, -0.2) is 33.2 Å². The van der Waals surface area contributed by atoms with E-state index in [9.17, 15) is 18.0 Å². The fraction of sp³-hybridized carbons (Fsp3) is 0.417. The highest BCUT2D eigenvalue weighted by atomic mass is 35.5. The van der Waals surface area contributed by atoms with Crippen molar-refractivity contribution in [2.24, 2.45) is 0 Å². The predicted molar refractivity (Wildman–Crippen MR) is 72.7 cm³/mol. The molecule has 1 N–H and O–H groups in total. The molecule has 0 amide bonds. The number of esters is 1. The van der Waals surface area contributed by atoms with Gasteiger partial charge in [0, 0.05) is 6.20 Å². The number of ether oxygens (including phenoxy) is 1. The van der Waals surface area contributed by atoms with Crippen LogP contribution in [0.4, 0.5) is 19.1 Å². The lowest BCUT2D eigenvalue weighted by Gasteiger charge is -2.10. The number of hydrogen-bond acceptors (Lipinski definition) is 5. The average molecular weight is 337 g/mol. The number of rotatable bonds is 4. The van der Waals surface area contributed by atoms with E-state index in [1.54, 1.807) is 6.92 Å². The Balaban J connectivity index is 2.31. The predicted octanol–water partition coefficient (Wildman–Crippen LogP) is 2.77. The minimum atomic E-state index is -4.55. The first-order chi connectivity index (χ1) is 10.2. The average Bonchev–Trinajstić information content (AvgIpc) is 2.81. The van der Waals surface area contributed by atoms with Crippen LogP contribution in [-0.2, 0) is 15.7 Å². The molecule has 2 aromatic rings. The summed E-state index contributed by atoms with van der Waals surface area (Å²) in [7, 11) is 0. The van der Waals surface area contributed by atoms with Gasteiger partial charge in [0.2, 0.25) is 5.95 Å². The molecular weight excluding hydrogens is 325 g/mol. The molecule has 0 spiro atoms. The highest BCUT2D eigenvalue weighted by molar-refractivity contribution is 6.33. The van der Waals surface area contributed by atoms with Crippen LogP contribution >= 0.6 is 11.6 Å². The quantitative estimate of drug-likeness (QED) is 0.869. The molecule has 1 unspecified atom stereocenters. The SMILES string of the molecule is CCOC(=O)C(C)Nc1nc2c(Cl)cc(C(F)(F)F)cn2n1. The molecule has 2 rings (SSSR count). The topological polar surface area (TPSA) is 68.5 Å². The van der Waals surface area contributed by atoms with Crippen molar-refractivity contribution >= 4 is 29.2 Å². The second-order valence-corrected chi connectivity index (χ2v) is 4.80. The summed E-state index contributed by atoms with van der Waals surface area (Å²) in [6.07, 6.45) is -3.77. The lowest BCUT2D eigenvalue weighted by Crippen LogP contribution is -2.28. The first kappa shape index (κ1) is 16.3. The molecule has 0 bridgehead atoms. The highest BCUT2D eigenvalue weighted by Crippen LogP contribution is 2.32. The first-order valence-corrected chi connectivity index (χ1v) is 6.66. The highest BCUT2D eigenvalue weighted by Gasteiger charge is 2.32. The smallest absolute Gasteiger partial charge is 0.417 e. The third-order valence-electron chi connectivity index (χ3n) is 2.70. The van der Waals surface area contributed by atoms with Crippen molar-refractivity contribution in [3.63, 3.8) is 0 Å².